The number of imidazole rings is 1. The molecule has 108 valence electrons. The smallest absolute Gasteiger partial charge is 0.271 e. The normalized spacial score (nSPS) is 11.0. The van der Waals surface area contributed by atoms with Crippen molar-refractivity contribution in [1.82, 2.24) is 19.9 Å². The maximum atomic E-state index is 12.1. The number of hydrogen-bond acceptors (Lipinski definition) is 4. The highest BCUT2D eigenvalue weighted by atomic mass is 35.5. The van der Waals surface area contributed by atoms with Gasteiger partial charge in [-0.25, -0.2) is 9.97 Å². The van der Waals surface area contributed by atoms with Crippen molar-refractivity contribution in [3.05, 3.63) is 33.8 Å². The number of carbonyl (C=O) groups is 1. The Morgan fingerprint density at radius 1 is 1.55 bits per heavy atom. The summed E-state index contributed by atoms with van der Waals surface area (Å²) in [5.74, 6) is 0.0918. The first-order chi connectivity index (χ1) is 9.58. The summed E-state index contributed by atoms with van der Waals surface area (Å²) in [7, 11) is 0. The van der Waals surface area contributed by atoms with Crippen LogP contribution >= 0.6 is 22.9 Å². The molecule has 0 radical (unpaired) electrons. The van der Waals surface area contributed by atoms with Crippen LogP contribution < -0.4 is 5.32 Å². The third kappa shape index (κ3) is 3.80. The van der Waals surface area contributed by atoms with Crippen LogP contribution in [-0.4, -0.2) is 27.0 Å². The van der Waals surface area contributed by atoms with Crippen molar-refractivity contribution in [2.24, 2.45) is 0 Å². The molecular weight excluding hydrogens is 296 g/mol. The van der Waals surface area contributed by atoms with Gasteiger partial charge < -0.3 is 9.88 Å². The van der Waals surface area contributed by atoms with Crippen LogP contribution in [0.3, 0.4) is 0 Å². The molecule has 2 aromatic heterocycles. The molecule has 1 N–H and O–H groups in total. The minimum Gasteiger partial charge on any atom is -0.351 e. The average Bonchev–Trinajstić information content (AvgIpc) is 3.03. The van der Waals surface area contributed by atoms with Crippen LogP contribution in [0.25, 0.3) is 0 Å². The molecule has 0 aromatic carbocycles. The van der Waals surface area contributed by atoms with Gasteiger partial charge in [0, 0.05) is 30.4 Å². The lowest BCUT2D eigenvalue weighted by molar-refractivity contribution is 0.0947. The largest absolute Gasteiger partial charge is 0.351 e. The van der Waals surface area contributed by atoms with Crippen LogP contribution in [0.1, 0.15) is 41.6 Å². The maximum absolute atomic E-state index is 12.1. The Kier molecular flexibility index (Phi) is 5.14. The summed E-state index contributed by atoms with van der Waals surface area (Å²) in [5.41, 5.74) is 0.456. The van der Waals surface area contributed by atoms with Gasteiger partial charge in [0.2, 0.25) is 0 Å². The molecule has 20 heavy (non-hydrogen) atoms. The second-order valence-electron chi connectivity index (χ2n) is 4.74. The number of nitrogens with one attached hydrogen (secondary N) is 1. The fourth-order valence-electron chi connectivity index (χ4n) is 1.83. The summed E-state index contributed by atoms with van der Waals surface area (Å²) in [4.78, 5) is 21.1. The molecule has 0 aliphatic carbocycles. The highest BCUT2D eigenvalue weighted by molar-refractivity contribution is 7.16. The van der Waals surface area contributed by atoms with Crippen LogP contribution in [0.2, 0.25) is 4.47 Å². The van der Waals surface area contributed by atoms with Gasteiger partial charge >= 0.3 is 0 Å². The zero-order chi connectivity index (χ0) is 14.5. The molecule has 0 aliphatic rings. The molecule has 2 rings (SSSR count). The van der Waals surface area contributed by atoms with E-state index in [1.165, 1.54) is 11.3 Å². The predicted molar refractivity (Wildman–Crippen MR) is 80.4 cm³/mol. The first kappa shape index (κ1) is 15.0. The number of rotatable bonds is 6. The second kappa shape index (κ2) is 6.85. The lowest BCUT2D eigenvalue weighted by Gasteiger charge is -2.07. The molecule has 0 unspecified atom stereocenters. The van der Waals surface area contributed by atoms with Crippen molar-refractivity contribution >= 4 is 28.8 Å². The Hall–Kier alpha value is -1.40. The van der Waals surface area contributed by atoms with Crippen LogP contribution in [0.4, 0.5) is 0 Å². The summed E-state index contributed by atoms with van der Waals surface area (Å²) >= 11 is 7.27. The van der Waals surface area contributed by atoms with Crippen molar-refractivity contribution in [2.45, 2.75) is 32.7 Å². The predicted octanol–water partition coefficient (Wildman–Crippen LogP) is 2.94. The van der Waals surface area contributed by atoms with Gasteiger partial charge in [-0.3, -0.25) is 4.79 Å². The number of amides is 1. The zero-order valence-electron chi connectivity index (χ0n) is 11.5. The van der Waals surface area contributed by atoms with E-state index in [-0.39, 0.29) is 11.8 Å². The number of aryl methyl sites for hydroxylation is 1. The zero-order valence-corrected chi connectivity index (χ0v) is 13.0. The standard InChI is InChI=1S/C13H17ClN4OS/c1-9(2)11-10(17-13(14)20-11)12(19)16-4-3-6-18-7-5-15-8-18/h5,7-9H,3-4,6H2,1-2H3,(H,16,19). The molecule has 0 saturated heterocycles. The van der Waals surface area contributed by atoms with E-state index in [0.29, 0.717) is 16.7 Å². The lowest BCUT2D eigenvalue weighted by Crippen LogP contribution is -2.26. The van der Waals surface area contributed by atoms with Crippen LogP contribution in [0.15, 0.2) is 18.7 Å². The SMILES string of the molecule is CC(C)c1sc(Cl)nc1C(=O)NCCCn1ccnc1. The molecular formula is C13H17ClN4OS. The molecule has 0 aliphatic heterocycles. The summed E-state index contributed by atoms with van der Waals surface area (Å²) < 4.78 is 2.39. The second-order valence-corrected chi connectivity index (χ2v) is 6.36. The van der Waals surface area contributed by atoms with E-state index in [2.05, 4.69) is 15.3 Å². The van der Waals surface area contributed by atoms with Crippen molar-refractivity contribution in [3.8, 4) is 0 Å². The van der Waals surface area contributed by atoms with Gasteiger partial charge in [-0.2, -0.15) is 0 Å². The summed E-state index contributed by atoms with van der Waals surface area (Å²) in [6.07, 6.45) is 6.25. The van der Waals surface area contributed by atoms with Crippen molar-refractivity contribution < 1.29 is 4.79 Å². The molecule has 0 bridgehead atoms. The third-order valence-corrected chi connectivity index (χ3v) is 4.26. The Labute approximate surface area is 127 Å². The Bertz CT molecular complexity index is 565. The number of halogens is 1. The third-order valence-electron chi connectivity index (χ3n) is 2.80. The molecule has 2 aromatic rings. The summed E-state index contributed by atoms with van der Waals surface area (Å²) in [6.45, 7) is 5.48. The van der Waals surface area contributed by atoms with E-state index in [1.807, 2.05) is 24.6 Å². The van der Waals surface area contributed by atoms with Gasteiger partial charge in [-0.05, 0) is 12.3 Å². The summed E-state index contributed by atoms with van der Waals surface area (Å²) in [6, 6.07) is 0. The minimum absolute atomic E-state index is 0.150. The molecule has 0 saturated carbocycles. The highest BCUT2D eigenvalue weighted by Gasteiger charge is 2.19. The first-order valence-electron chi connectivity index (χ1n) is 6.48. The molecule has 0 atom stereocenters. The van der Waals surface area contributed by atoms with Crippen molar-refractivity contribution in [1.29, 1.82) is 0 Å². The molecule has 5 nitrogen and oxygen atoms in total. The van der Waals surface area contributed by atoms with Gasteiger partial charge in [0.1, 0.15) is 5.69 Å². The van der Waals surface area contributed by atoms with E-state index in [0.717, 1.165) is 17.8 Å². The monoisotopic (exact) mass is 312 g/mol. The van der Waals surface area contributed by atoms with E-state index in [9.17, 15) is 4.79 Å². The molecule has 2 heterocycles. The molecule has 1 amide bonds. The van der Waals surface area contributed by atoms with E-state index in [4.69, 9.17) is 11.6 Å². The van der Waals surface area contributed by atoms with Gasteiger partial charge in [-0.1, -0.05) is 25.4 Å². The highest BCUT2D eigenvalue weighted by Crippen LogP contribution is 2.29. The molecule has 0 fully saturated rings. The van der Waals surface area contributed by atoms with Gasteiger partial charge in [0.25, 0.3) is 5.91 Å². The van der Waals surface area contributed by atoms with E-state index >= 15 is 0 Å². The van der Waals surface area contributed by atoms with Crippen molar-refractivity contribution in [2.75, 3.05) is 6.54 Å². The average molecular weight is 313 g/mol. The Morgan fingerprint density at radius 2 is 2.35 bits per heavy atom. The number of nitrogens with zero attached hydrogens (tertiary/aromatic N) is 3. The fourth-order valence-corrected chi connectivity index (χ4v) is 2.95. The maximum Gasteiger partial charge on any atom is 0.271 e. The molecule has 0 spiro atoms. The van der Waals surface area contributed by atoms with Crippen molar-refractivity contribution in [3.63, 3.8) is 0 Å². The van der Waals surface area contributed by atoms with E-state index < -0.39 is 0 Å². The lowest BCUT2D eigenvalue weighted by atomic mass is 10.1. The number of aromatic nitrogens is 3. The van der Waals surface area contributed by atoms with Crippen LogP contribution in [-0.2, 0) is 6.54 Å². The van der Waals surface area contributed by atoms with Gasteiger partial charge in [-0.15, -0.1) is 11.3 Å². The number of carbonyl (C=O) groups excluding carboxylic acids is 1. The minimum atomic E-state index is -0.150. The number of thiazole rings is 1. The number of hydrogen-bond donors (Lipinski definition) is 1. The Morgan fingerprint density at radius 3 is 3.00 bits per heavy atom. The quantitative estimate of drug-likeness (QED) is 0.834. The topological polar surface area (TPSA) is 59.8 Å². The van der Waals surface area contributed by atoms with E-state index in [1.54, 1.807) is 12.5 Å². The molecule has 7 heteroatoms. The Balaban J connectivity index is 1.85. The van der Waals surface area contributed by atoms with Crippen LogP contribution in [0, 0.1) is 0 Å². The van der Waals surface area contributed by atoms with Gasteiger partial charge in [0.15, 0.2) is 4.47 Å². The summed E-state index contributed by atoms with van der Waals surface area (Å²) in [5, 5.41) is 2.88. The van der Waals surface area contributed by atoms with Crippen LogP contribution in [0.5, 0.6) is 0 Å². The first-order valence-corrected chi connectivity index (χ1v) is 7.67. The fraction of sp³-hybridized carbons (Fsp3) is 0.462. The van der Waals surface area contributed by atoms with Gasteiger partial charge in [0.05, 0.1) is 6.33 Å².